The fraction of sp³-hybridized carbons (Fsp3) is 0.385. The Morgan fingerprint density at radius 2 is 2.30 bits per heavy atom. The minimum absolute atomic E-state index is 0.238. The number of aromatic nitrogens is 4. The van der Waals surface area contributed by atoms with Gasteiger partial charge in [0.2, 0.25) is 0 Å². The van der Waals surface area contributed by atoms with Gasteiger partial charge in [0.25, 0.3) is 5.91 Å². The molecule has 0 saturated heterocycles. The molecule has 0 unspecified atom stereocenters. The van der Waals surface area contributed by atoms with Crippen molar-refractivity contribution in [1.29, 1.82) is 0 Å². The van der Waals surface area contributed by atoms with Gasteiger partial charge in [0.15, 0.2) is 5.69 Å². The van der Waals surface area contributed by atoms with Gasteiger partial charge >= 0.3 is 0 Å². The molecule has 0 spiro atoms. The van der Waals surface area contributed by atoms with Crippen molar-refractivity contribution in [3.8, 4) is 0 Å². The predicted molar refractivity (Wildman–Crippen MR) is 76.9 cm³/mol. The molecule has 0 radical (unpaired) electrons. The van der Waals surface area contributed by atoms with Crippen LogP contribution >= 0.6 is 11.8 Å². The Bertz CT molecular complexity index is 605. The normalized spacial score (nSPS) is 14.2. The molecule has 20 heavy (non-hydrogen) atoms. The monoisotopic (exact) mass is 289 g/mol. The molecule has 2 aromatic rings. The van der Waals surface area contributed by atoms with Crippen LogP contribution in [0, 0.1) is 0 Å². The standard InChI is InChI=1S/C13H15N5OS/c1-2-20-10-6-5-9(7-14-10)15-13(19)12-11(8-3-4-8)16-18-17-12/h5-8H,2-4H2,1H3,(H,15,19)(H,16,17,18). The van der Waals surface area contributed by atoms with Gasteiger partial charge in [-0.15, -0.1) is 11.8 Å². The first-order chi connectivity index (χ1) is 9.78. The smallest absolute Gasteiger partial charge is 0.278 e. The number of hydrogen-bond donors (Lipinski definition) is 2. The lowest BCUT2D eigenvalue weighted by molar-refractivity contribution is 0.102. The minimum atomic E-state index is -0.238. The number of amides is 1. The maximum absolute atomic E-state index is 12.2. The Morgan fingerprint density at radius 1 is 1.45 bits per heavy atom. The van der Waals surface area contributed by atoms with E-state index in [-0.39, 0.29) is 5.91 Å². The van der Waals surface area contributed by atoms with Gasteiger partial charge in [-0.3, -0.25) is 4.79 Å². The highest BCUT2D eigenvalue weighted by molar-refractivity contribution is 7.99. The van der Waals surface area contributed by atoms with Gasteiger partial charge in [-0.25, -0.2) is 4.98 Å². The molecule has 0 aromatic carbocycles. The molecular weight excluding hydrogens is 274 g/mol. The van der Waals surface area contributed by atoms with E-state index in [2.05, 4.69) is 32.6 Å². The zero-order chi connectivity index (χ0) is 13.9. The number of hydrogen-bond acceptors (Lipinski definition) is 5. The molecular formula is C13H15N5OS. The molecule has 2 aromatic heterocycles. The number of thioether (sulfide) groups is 1. The van der Waals surface area contributed by atoms with Crippen LogP contribution < -0.4 is 5.32 Å². The number of nitrogens with zero attached hydrogens (tertiary/aromatic N) is 3. The van der Waals surface area contributed by atoms with Gasteiger partial charge in [-0.05, 0) is 30.7 Å². The van der Waals surface area contributed by atoms with E-state index in [1.165, 1.54) is 0 Å². The fourth-order valence-electron chi connectivity index (χ4n) is 1.93. The van der Waals surface area contributed by atoms with Gasteiger partial charge in [-0.1, -0.05) is 6.92 Å². The number of aromatic amines is 1. The summed E-state index contributed by atoms with van der Waals surface area (Å²) in [5.74, 6) is 1.12. The molecule has 7 heteroatoms. The number of carbonyl (C=O) groups is 1. The first kappa shape index (κ1) is 13.1. The molecule has 1 amide bonds. The van der Waals surface area contributed by atoms with E-state index >= 15 is 0 Å². The molecule has 1 aliphatic carbocycles. The molecule has 2 N–H and O–H groups in total. The number of anilines is 1. The van der Waals surface area contributed by atoms with E-state index in [0.29, 0.717) is 17.3 Å². The number of rotatable bonds is 5. The number of H-pyrrole nitrogens is 1. The largest absolute Gasteiger partial charge is 0.319 e. The Hall–Kier alpha value is -1.89. The quantitative estimate of drug-likeness (QED) is 0.826. The number of nitrogens with one attached hydrogen (secondary N) is 2. The molecule has 104 valence electrons. The third kappa shape index (κ3) is 2.82. The predicted octanol–water partition coefficient (Wildman–Crippen LogP) is 2.44. The van der Waals surface area contributed by atoms with Crippen LogP contribution in [0.4, 0.5) is 5.69 Å². The molecule has 1 aliphatic rings. The van der Waals surface area contributed by atoms with Gasteiger partial charge in [0.05, 0.1) is 22.6 Å². The second-order valence-corrected chi connectivity index (χ2v) is 5.89. The molecule has 6 nitrogen and oxygen atoms in total. The number of pyridine rings is 1. The molecule has 2 heterocycles. The maximum atomic E-state index is 12.2. The van der Waals surface area contributed by atoms with Gasteiger partial charge < -0.3 is 5.32 Å². The van der Waals surface area contributed by atoms with Crippen LogP contribution in [0.3, 0.4) is 0 Å². The number of carbonyl (C=O) groups excluding carboxylic acids is 1. The Kier molecular flexibility index (Phi) is 3.68. The zero-order valence-electron chi connectivity index (χ0n) is 11.1. The Balaban J connectivity index is 1.70. The molecule has 0 bridgehead atoms. The summed E-state index contributed by atoms with van der Waals surface area (Å²) in [7, 11) is 0. The first-order valence-corrected chi connectivity index (χ1v) is 7.57. The van der Waals surface area contributed by atoms with Crippen molar-refractivity contribution in [2.24, 2.45) is 0 Å². The van der Waals surface area contributed by atoms with E-state index in [9.17, 15) is 4.79 Å². The first-order valence-electron chi connectivity index (χ1n) is 6.58. The van der Waals surface area contributed by atoms with Crippen LogP contribution in [-0.4, -0.2) is 32.1 Å². The third-order valence-corrected chi connectivity index (χ3v) is 3.87. The molecule has 1 fully saturated rings. The van der Waals surface area contributed by atoms with Crippen LogP contribution in [0.1, 0.15) is 41.9 Å². The minimum Gasteiger partial charge on any atom is -0.319 e. The van der Waals surface area contributed by atoms with Crippen molar-refractivity contribution in [2.45, 2.75) is 30.7 Å². The van der Waals surface area contributed by atoms with Crippen LogP contribution in [0.25, 0.3) is 0 Å². The van der Waals surface area contributed by atoms with E-state index in [4.69, 9.17) is 0 Å². The second kappa shape index (κ2) is 5.62. The topological polar surface area (TPSA) is 83.6 Å². The van der Waals surface area contributed by atoms with E-state index in [0.717, 1.165) is 29.3 Å². The average molecular weight is 289 g/mol. The van der Waals surface area contributed by atoms with Gasteiger partial charge in [0, 0.05) is 5.92 Å². The van der Waals surface area contributed by atoms with Crippen molar-refractivity contribution in [1.82, 2.24) is 20.4 Å². The molecule has 0 aliphatic heterocycles. The van der Waals surface area contributed by atoms with Crippen molar-refractivity contribution in [3.63, 3.8) is 0 Å². The van der Waals surface area contributed by atoms with Crippen LogP contribution in [-0.2, 0) is 0 Å². The van der Waals surface area contributed by atoms with Crippen molar-refractivity contribution in [2.75, 3.05) is 11.1 Å². The lowest BCUT2D eigenvalue weighted by Gasteiger charge is -2.04. The summed E-state index contributed by atoms with van der Waals surface area (Å²) in [6.45, 7) is 2.08. The summed E-state index contributed by atoms with van der Waals surface area (Å²) in [6.07, 6.45) is 3.82. The molecule has 0 atom stereocenters. The summed E-state index contributed by atoms with van der Waals surface area (Å²) < 4.78 is 0. The highest BCUT2D eigenvalue weighted by Gasteiger charge is 2.31. The second-order valence-electron chi connectivity index (χ2n) is 4.60. The lowest BCUT2D eigenvalue weighted by atomic mass is 10.2. The summed E-state index contributed by atoms with van der Waals surface area (Å²) in [6, 6.07) is 3.74. The van der Waals surface area contributed by atoms with E-state index in [1.54, 1.807) is 18.0 Å². The van der Waals surface area contributed by atoms with Crippen LogP contribution in [0.5, 0.6) is 0 Å². The van der Waals surface area contributed by atoms with E-state index < -0.39 is 0 Å². The molecule has 1 saturated carbocycles. The summed E-state index contributed by atoms with van der Waals surface area (Å²) in [5, 5.41) is 14.3. The maximum Gasteiger partial charge on any atom is 0.278 e. The Labute approximate surface area is 120 Å². The van der Waals surface area contributed by atoms with Crippen molar-refractivity contribution >= 4 is 23.4 Å². The highest BCUT2D eigenvalue weighted by atomic mass is 32.2. The lowest BCUT2D eigenvalue weighted by Crippen LogP contribution is -2.14. The highest BCUT2D eigenvalue weighted by Crippen LogP contribution is 2.40. The van der Waals surface area contributed by atoms with Gasteiger partial charge in [-0.2, -0.15) is 15.4 Å². The zero-order valence-corrected chi connectivity index (χ0v) is 11.9. The van der Waals surface area contributed by atoms with Gasteiger partial charge in [0.1, 0.15) is 0 Å². The summed E-state index contributed by atoms with van der Waals surface area (Å²) in [5.41, 5.74) is 1.83. The van der Waals surface area contributed by atoms with Crippen molar-refractivity contribution in [3.05, 3.63) is 29.7 Å². The third-order valence-electron chi connectivity index (χ3n) is 3.04. The van der Waals surface area contributed by atoms with Crippen LogP contribution in [0.2, 0.25) is 0 Å². The summed E-state index contributed by atoms with van der Waals surface area (Å²) >= 11 is 1.66. The average Bonchev–Trinajstić information content (AvgIpc) is 3.18. The van der Waals surface area contributed by atoms with Crippen LogP contribution in [0.15, 0.2) is 23.4 Å². The summed E-state index contributed by atoms with van der Waals surface area (Å²) in [4.78, 5) is 16.4. The van der Waals surface area contributed by atoms with E-state index in [1.807, 2.05) is 12.1 Å². The Morgan fingerprint density at radius 3 is 2.95 bits per heavy atom. The SMILES string of the molecule is CCSc1ccc(NC(=O)c2n[nH]nc2C2CC2)cn1. The fourth-order valence-corrected chi connectivity index (χ4v) is 2.51. The van der Waals surface area contributed by atoms with Crippen molar-refractivity contribution < 1.29 is 4.79 Å². The molecule has 3 rings (SSSR count).